The fraction of sp³-hybridized carbons (Fsp3) is 0.733. The van der Waals surface area contributed by atoms with Crippen LogP contribution in [0.25, 0.3) is 0 Å². The summed E-state index contributed by atoms with van der Waals surface area (Å²) < 4.78 is 13.7. The van der Waals surface area contributed by atoms with Crippen molar-refractivity contribution in [1.82, 2.24) is 15.5 Å². The number of hydrogen-bond donors (Lipinski definition) is 3. The summed E-state index contributed by atoms with van der Waals surface area (Å²) in [4.78, 5) is 22.8. The molecule has 1 aromatic rings. The van der Waals surface area contributed by atoms with E-state index in [-0.39, 0.29) is 16.5 Å². The summed E-state index contributed by atoms with van der Waals surface area (Å²) in [6, 6.07) is 0.402. The van der Waals surface area contributed by atoms with Gasteiger partial charge in [0.1, 0.15) is 0 Å². The molecule has 3 aliphatic carbocycles. The highest BCUT2D eigenvalue weighted by Crippen LogP contribution is 2.57. The molecule has 3 fully saturated rings. The Kier molecular flexibility index (Phi) is 3.52. The Morgan fingerprint density at radius 1 is 1.21 bits per heavy atom. The van der Waals surface area contributed by atoms with E-state index in [9.17, 15) is 14.0 Å². The van der Waals surface area contributed by atoms with Gasteiger partial charge in [0.05, 0.1) is 0 Å². The van der Waals surface area contributed by atoms with Crippen molar-refractivity contribution in [2.24, 2.45) is 11.1 Å². The van der Waals surface area contributed by atoms with E-state index in [0.29, 0.717) is 24.0 Å². The minimum Gasteiger partial charge on any atom is -0.363 e. The standard InChI is InChI=1S/C15H20FN5O2S/c16-15(5-6-15)12(23)18-8-1-3-14(4-2-8)7-9(14)19-13-21-20-11(24-13)10(17)22/h8-9H,1-7H2,(H2,17,22)(H,18,23)(H,19,21). The lowest BCUT2D eigenvalue weighted by molar-refractivity contribution is -0.128. The number of carbonyl (C=O) groups is 2. The highest BCUT2D eigenvalue weighted by molar-refractivity contribution is 7.17. The molecule has 7 nitrogen and oxygen atoms in total. The van der Waals surface area contributed by atoms with Crippen LogP contribution in [0.2, 0.25) is 0 Å². The van der Waals surface area contributed by atoms with Gasteiger partial charge in [0.2, 0.25) is 10.1 Å². The zero-order valence-corrected chi connectivity index (χ0v) is 14.0. The number of nitrogens with zero attached hydrogens (tertiary/aromatic N) is 2. The molecule has 9 heteroatoms. The number of aromatic nitrogens is 2. The van der Waals surface area contributed by atoms with E-state index >= 15 is 0 Å². The quantitative estimate of drug-likeness (QED) is 0.740. The summed E-state index contributed by atoms with van der Waals surface area (Å²) in [6.07, 6.45) is 5.51. The first-order valence-electron chi connectivity index (χ1n) is 8.30. The van der Waals surface area contributed by atoms with Crippen molar-refractivity contribution in [1.29, 1.82) is 0 Å². The molecule has 3 aliphatic rings. The Bertz CT molecular complexity index is 681. The zero-order chi connectivity index (χ0) is 16.9. The molecule has 0 aliphatic heterocycles. The van der Waals surface area contributed by atoms with Crippen molar-refractivity contribution >= 4 is 28.3 Å². The van der Waals surface area contributed by atoms with E-state index in [1.807, 2.05) is 0 Å². The predicted octanol–water partition coefficient (Wildman–Crippen LogP) is 1.37. The van der Waals surface area contributed by atoms with Gasteiger partial charge in [-0.2, -0.15) is 0 Å². The SMILES string of the molecule is NC(=O)c1nnc(NC2CC23CCC(NC(=O)C2(F)CC2)CC3)s1. The van der Waals surface area contributed by atoms with Crippen molar-refractivity contribution in [3.8, 4) is 0 Å². The van der Waals surface area contributed by atoms with Gasteiger partial charge in [-0.1, -0.05) is 11.3 Å². The minimum absolute atomic E-state index is 0.0839. The van der Waals surface area contributed by atoms with E-state index in [1.54, 1.807) is 0 Å². The van der Waals surface area contributed by atoms with Crippen LogP contribution in [0.3, 0.4) is 0 Å². The average Bonchev–Trinajstić information content (AvgIpc) is 3.38. The van der Waals surface area contributed by atoms with Crippen molar-refractivity contribution < 1.29 is 14.0 Å². The second kappa shape index (κ2) is 5.37. The second-order valence-electron chi connectivity index (χ2n) is 7.25. The molecule has 130 valence electrons. The number of nitrogens with two attached hydrogens (primary N) is 1. The van der Waals surface area contributed by atoms with Crippen molar-refractivity contribution in [2.45, 2.75) is 62.7 Å². The molecule has 1 spiro atoms. The topological polar surface area (TPSA) is 110 Å². The fourth-order valence-electron chi connectivity index (χ4n) is 3.62. The number of alkyl halides is 1. The van der Waals surface area contributed by atoms with Gasteiger partial charge in [-0.3, -0.25) is 9.59 Å². The number of rotatable bonds is 5. The number of amides is 2. The number of nitrogens with one attached hydrogen (secondary N) is 2. The van der Waals surface area contributed by atoms with Crippen LogP contribution in [-0.4, -0.2) is 39.8 Å². The summed E-state index contributed by atoms with van der Waals surface area (Å²) in [6.45, 7) is 0. The number of primary amides is 1. The summed E-state index contributed by atoms with van der Waals surface area (Å²) >= 11 is 1.17. The second-order valence-corrected chi connectivity index (χ2v) is 8.23. The summed E-state index contributed by atoms with van der Waals surface area (Å²) in [5.74, 6) is -0.995. The van der Waals surface area contributed by atoms with E-state index in [0.717, 1.165) is 32.1 Å². The minimum atomic E-state index is -1.59. The van der Waals surface area contributed by atoms with Crippen molar-refractivity contribution in [3.05, 3.63) is 5.01 Å². The van der Waals surface area contributed by atoms with Crippen LogP contribution in [0.4, 0.5) is 9.52 Å². The maximum Gasteiger partial charge on any atom is 0.279 e. The van der Waals surface area contributed by atoms with Gasteiger partial charge in [-0.25, -0.2) is 4.39 Å². The van der Waals surface area contributed by atoms with Gasteiger partial charge in [0.25, 0.3) is 11.8 Å². The molecule has 4 rings (SSSR count). The van der Waals surface area contributed by atoms with Crippen LogP contribution in [0.1, 0.15) is 54.7 Å². The van der Waals surface area contributed by atoms with Crippen LogP contribution < -0.4 is 16.4 Å². The number of anilines is 1. The van der Waals surface area contributed by atoms with Gasteiger partial charge < -0.3 is 16.4 Å². The molecule has 3 saturated carbocycles. The van der Waals surface area contributed by atoms with E-state index in [4.69, 9.17) is 5.73 Å². The third-order valence-corrected chi connectivity index (χ3v) is 6.40. The largest absolute Gasteiger partial charge is 0.363 e. The third kappa shape index (κ3) is 2.85. The first-order chi connectivity index (χ1) is 11.4. The Hall–Kier alpha value is -1.77. The highest BCUT2D eigenvalue weighted by atomic mass is 32.1. The Labute approximate surface area is 142 Å². The Morgan fingerprint density at radius 3 is 2.50 bits per heavy atom. The molecular formula is C15H20FN5O2S. The first kappa shape index (κ1) is 15.7. The molecule has 2 amide bonds. The maximum atomic E-state index is 13.7. The molecule has 0 bridgehead atoms. The van der Waals surface area contributed by atoms with Gasteiger partial charge >= 0.3 is 0 Å². The van der Waals surface area contributed by atoms with Gasteiger partial charge in [0, 0.05) is 12.1 Å². The van der Waals surface area contributed by atoms with Crippen LogP contribution in [0.15, 0.2) is 0 Å². The summed E-state index contributed by atoms with van der Waals surface area (Å²) in [5.41, 5.74) is 3.82. The van der Waals surface area contributed by atoms with E-state index in [1.165, 1.54) is 11.3 Å². The monoisotopic (exact) mass is 353 g/mol. The Balaban J connectivity index is 1.27. The number of carbonyl (C=O) groups excluding carboxylic acids is 2. The van der Waals surface area contributed by atoms with E-state index < -0.39 is 17.5 Å². The van der Waals surface area contributed by atoms with Crippen LogP contribution in [-0.2, 0) is 4.79 Å². The van der Waals surface area contributed by atoms with Gasteiger partial charge in [-0.15, -0.1) is 10.2 Å². The van der Waals surface area contributed by atoms with E-state index in [2.05, 4.69) is 20.8 Å². The van der Waals surface area contributed by atoms with Crippen LogP contribution >= 0.6 is 11.3 Å². The number of halogens is 1. The molecule has 1 heterocycles. The molecule has 1 atom stereocenters. The number of hydrogen-bond acceptors (Lipinski definition) is 6. The maximum absolute atomic E-state index is 13.7. The molecule has 0 saturated heterocycles. The lowest BCUT2D eigenvalue weighted by Gasteiger charge is -2.30. The summed E-state index contributed by atoms with van der Waals surface area (Å²) in [7, 11) is 0. The van der Waals surface area contributed by atoms with Crippen molar-refractivity contribution in [2.75, 3.05) is 5.32 Å². The predicted molar refractivity (Wildman–Crippen MR) is 86.4 cm³/mol. The molecule has 1 unspecified atom stereocenters. The molecule has 1 aromatic heterocycles. The Morgan fingerprint density at radius 2 is 1.92 bits per heavy atom. The lowest BCUT2D eigenvalue weighted by atomic mass is 9.82. The smallest absolute Gasteiger partial charge is 0.279 e. The van der Waals surface area contributed by atoms with Gasteiger partial charge in [-0.05, 0) is 50.4 Å². The van der Waals surface area contributed by atoms with Gasteiger partial charge in [0.15, 0.2) is 5.67 Å². The summed E-state index contributed by atoms with van der Waals surface area (Å²) in [5, 5.41) is 14.7. The molecule has 4 N–H and O–H groups in total. The molecule has 0 radical (unpaired) electrons. The lowest BCUT2D eigenvalue weighted by Crippen LogP contribution is -2.43. The fourth-order valence-corrected chi connectivity index (χ4v) is 4.27. The molecular weight excluding hydrogens is 333 g/mol. The normalized spacial score (nSPS) is 33.0. The zero-order valence-electron chi connectivity index (χ0n) is 13.2. The molecule has 0 aromatic carbocycles. The third-order valence-electron chi connectivity index (χ3n) is 5.54. The first-order valence-corrected chi connectivity index (χ1v) is 9.12. The van der Waals surface area contributed by atoms with Crippen molar-refractivity contribution in [3.63, 3.8) is 0 Å². The highest BCUT2D eigenvalue weighted by Gasteiger charge is 2.56. The average molecular weight is 353 g/mol. The van der Waals surface area contributed by atoms with Crippen LogP contribution in [0.5, 0.6) is 0 Å². The molecule has 24 heavy (non-hydrogen) atoms. The van der Waals surface area contributed by atoms with Crippen LogP contribution in [0, 0.1) is 5.41 Å².